The molecule has 0 aliphatic carbocycles. The minimum atomic E-state index is 1.18. The molecule has 11 aromatic rings. The average molecular weight is 641 g/mol. The van der Waals surface area contributed by atoms with Crippen LogP contribution in [0.1, 0.15) is 0 Å². The minimum Gasteiger partial charge on any atom is -0.309 e. The minimum absolute atomic E-state index is 1.18. The van der Waals surface area contributed by atoms with E-state index in [4.69, 9.17) is 0 Å². The monoisotopic (exact) mass is 640 g/mol. The van der Waals surface area contributed by atoms with Crippen LogP contribution in [0.2, 0.25) is 0 Å². The normalized spacial score (nSPS) is 12.1. The Morgan fingerprint density at radius 2 is 0.980 bits per heavy atom. The number of hydrogen-bond donors (Lipinski definition) is 0. The van der Waals surface area contributed by atoms with Gasteiger partial charge in [-0.2, -0.15) is 0 Å². The molecule has 0 atom stereocenters. The van der Waals surface area contributed by atoms with Crippen LogP contribution in [0, 0.1) is 0 Å². The third-order valence-corrected chi connectivity index (χ3v) is 11.5. The van der Waals surface area contributed by atoms with Gasteiger partial charge < -0.3 is 9.13 Å². The molecule has 3 aromatic heterocycles. The van der Waals surface area contributed by atoms with Gasteiger partial charge in [-0.1, -0.05) is 103 Å². The van der Waals surface area contributed by atoms with Gasteiger partial charge >= 0.3 is 0 Å². The molecule has 0 N–H and O–H groups in total. The molecule has 0 bridgehead atoms. The molecule has 2 nitrogen and oxygen atoms in total. The average Bonchev–Trinajstić information content (AvgIpc) is 3.82. The Morgan fingerprint density at radius 1 is 0.347 bits per heavy atom. The smallest absolute Gasteiger partial charge is 0.0555 e. The molecule has 3 heterocycles. The van der Waals surface area contributed by atoms with Crippen molar-refractivity contribution in [3.8, 4) is 22.5 Å². The van der Waals surface area contributed by atoms with Gasteiger partial charge in [0, 0.05) is 53.1 Å². The molecule has 0 unspecified atom stereocenters. The summed E-state index contributed by atoms with van der Waals surface area (Å²) in [6.07, 6.45) is 0. The van der Waals surface area contributed by atoms with E-state index in [1.807, 2.05) is 11.3 Å². The van der Waals surface area contributed by atoms with Crippen molar-refractivity contribution in [3.05, 3.63) is 170 Å². The van der Waals surface area contributed by atoms with Crippen LogP contribution in [0.4, 0.5) is 0 Å². The van der Waals surface area contributed by atoms with Crippen molar-refractivity contribution < 1.29 is 0 Å². The zero-order chi connectivity index (χ0) is 32.1. The molecule has 49 heavy (non-hydrogen) atoms. The van der Waals surface area contributed by atoms with E-state index in [0.29, 0.717) is 0 Å². The zero-order valence-electron chi connectivity index (χ0n) is 26.5. The van der Waals surface area contributed by atoms with Crippen molar-refractivity contribution in [1.29, 1.82) is 0 Å². The summed E-state index contributed by atoms with van der Waals surface area (Å²) in [5.74, 6) is 0. The molecule has 0 spiro atoms. The fourth-order valence-corrected chi connectivity index (χ4v) is 9.33. The van der Waals surface area contributed by atoms with Gasteiger partial charge in [0.1, 0.15) is 0 Å². The highest BCUT2D eigenvalue weighted by atomic mass is 32.1. The number of aromatic nitrogens is 2. The lowest BCUT2D eigenvalue weighted by molar-refractivity contribution is 1.18. The number of fused-ring (bicyclic) bond motifs is 11. The second kappa shape index (κ2) is 10.2. The highest BCUT2D eigenvalue weighted by Crippen LogP contribution is 2.44. The van der Waals surface area contributed by atoms with Crippen molar-refractivity contribution in [1.82, 2.24) is 9.13 Å². The van der Waals surface area contributed by atoms with Gasteiger partial charge in [0.05, 0.1) is 22.1 Å². The molecular weight excluding hydrogens is 613 g/mol. The van der Waals surface area contributed by atoms with E-state index in [9.17, 15) is 0 Å². The Labute approximate surface area is 286 Å². The molecule has 0 saturated carbocycles. The van der Waals surface area contributed by atoms with E-state index in [1.165, 1.54) is 97.1 Å². The topological polar surface area (TPSA) is 9.86 Å². The standard InChI is InChI=1S/C46H28N2S/c1-2-12-33(13-3-1)47-42-24-20-32(28-39(42)45-43(47)25-22-37-36-15-7-9-17-44(36)49-46(37)45)31-19-23-41-38(27-31)35-14-6-8-16-40(35)48(41)34-21-18-29-10-4-5-11-30(29)26-34/h1-28H. The molecule has 0 aliphatic rings. The zero-order valence-corrected chi connectivity index (χ0v) is 27.3. The number of para-hydroxylation sites is 2. The van der Waals surface area contributed by atoms with E-state index >= 15 is 0 Å². The van der Waals surface area contributed by atoms with E-state index in [0.717, 1.165) is 0 Å². The summed E-state index contributed by atoms with van der Waals surface area (Å²) >= 11 is 1.90. The highest BCUT2D eigenvalue weighted by Gasteiger charge is 2.19. The van der Waals surface area contributed by atoms with Crippen LogP contribution >= 0.6 is 11.3 Å². The molecule has 11 rings (SSSR count). The third kappa shape index (κ3) is 3.88. The van der Waals surface area contributed by atoms with Crippen LogP contribution in [0.15, 0.2) is 170 Å². The van der Waals surface area contributed by atoms with Crippen molar-refractivity contribution in [2.75, 3.05) is 0 Å². The molecule has 228 valence electrons. The Hall–Kier alpha value is -6.16. The lowest BCUT2D eigenvalue weighted by atomic mass is 10.00. The maximum Gasteiger partial charge on any atom is 0.0555 e. The van der Waals surface area contributed by atoms with Gasteiger partial charge in [-0.15, -0.1) is 11.3 Å². The van der Waals surface area contributed by atoms with Gasteiger partial charge in [-0.05, 0) is 88.6 Å². The van der Waals surface area contributed by atoms with E-state index in [1.54, 1.807) is 0 Å². The maximum atomic E-state index is 2.43. The number of hydrogen-bond acceptors (Lipinski definition) is 1. The van der Waals surface area contributed by atoms with E-state index < -0.39 is 0 Å². The number of benzene rings is 8. The van der Waals surface area contributed by atoms with Gasteiger partial charge in [-0.25, -0.2) is 0 Å². The summed E-state index contributed by atoms with van der Waals surface area (Å²) in [6, 6.07) is 62.4. The summed E-state index contributed by atoms with van der Waals surface area (Å²) in [7, 11) is 0. The Kier molecular flexibility index (Phi) is 5.57. The third-order valence-electron chi connectivity index (χ3n) is 10.3. The molecule has 8 aromatic carbocycles. The van der Waals surface area contributed by atoms with Crippen LogP contribution in [0.3, 0.4) is 0 Å². The molecule has 0 fully saturated rings. The quantitative estimate of drug-likeness (QED) is 0.182. The molecule has 0 radical (unpaired) electrons. The molecule has 0 saturated heterocycles. The summed E-state index contributed by atoms with van der Waals surface area (Å²) in [5.41, 5.74) is 9.71. The lowest BCUT2D eigenvalue weighted by Gasteiger charge is -2.10. The molecule has 0 amide bonds. The molecule has 0 aliphatic heterocycles. The Morgan fingerprint density at radius 3 is 1.84 bits per heavy atom. The first-order chi connectivity index (χ1) is 24.3. The van der Waals surface area contributed by atoms with E-state index in [2.05, 4.69) is 179 Å². The molecular formula is C46H28N2S. The van der Waals surface area contributed by atoms with Gasteiger partial charge in [0.25, 0.3) is 0 Å². The summed E-state index contributed by atoms with van der Waals surface area (Å²) in [4.78, 5) is 0. The molecule has 3 heteroatoms. The summed E-state index contributed by atoms with van der Waals surface area (Å²) in [6.45, 7) is 0. The Balaban J connectivity index is 1.17. The fraction of sp³-hybridized carbons (Fsp3) is 0. The van der Waals surface area contributed by atoms with Crippen LogP contribution in [-0.4, -0.2) is 9.13 Å². The predicted molar refractivity (Wildman–Crippen MR) is 211 cm³/mol. The van der Waals surface area contributed by atoms with Crippen molar-refractivity contribution >= 4 is 85.9 Å². The number of thiophene rings is 1. The van der Waals surface area contributed by atoms with Crippen LogP contribution in [-0.2, 0) is 0 Å². The second-order valence-electron chi connectivity index (χ2n) is 13.0. The lowest BCUT2D eigenvalue weighted by Crippen LogP contribution is -1.93. The van der Waals surface area contributed by atoms with Crippen molar-refractivity contribution in [3.63, 3.8) is 0 Å². The van der Waals surface area contributed by atoms with E-state index in [-0.39, 0.29) is 0 Å². The maximum absolute atomic E-state index is 2.43. The summed E-state index contributed by atoms with van der Waals surface area (Å²) < 4.78 is 7.52. The van der Waals surface area contributed by atoms with Crippen molar-refractivity contribution in [2.24, 2.45) is 0 Å². The largest absolute Gasteiger partial charge is 0.309 e. The first kappa shape index (κ1) is 26.9. The van der Waals surface area contributed by atoms with Gasteiger partial charge in [0.2, 0.25) is 0 Å². The van der Waals surface area contributed by atoms with Crippen LogP contribution in [0.5, 0.6) is 0 Å². The van der Waals surface area contributed by atoms with Crippen LogP contribution < -0.4 is 0 Å². The number of rotatable bonds is 3. The Bertz CT molecular complexity index is 3100. The first-order valence-electron chi connectivity index (χ1n) is 16.8. The summed E-state index contributed by atoms with van der Waals surface area (Å²) in [5, 5.41) is 10.3. The highest BCUT2D eigenvalue weighted by molar-refractivity contribution is 7.26. The number of nitrogens with zero attached hydrogens (tertiary/aromatic N) is 2. The SMILES string of the molecule is c1ccc(-n2c3ccc(-c4ccc5c(c4)c4ccccc4n5-c4ccc5ccccc5c4)cc3c3c4sc5ccccc5c4ccc32)cc1. The van der Waals surface area contributed by atoms with Gasteiger partial charge in [-0.3, -0.25) is 0 Å². The second-order valence-corrected chi connectivity index (χ2v) is 14.0. The fourth-order valence-electron chi connectivity index (χ4n) is 8.07. The van der Waals surface area contributed by atoms with Crippen LogP contribution in [0.25, 0.3) is 97.1 Å². The van der Waals surface area contributed by atoms with Gasteiger partial charge in [0.15, 0.2) is 0 Å². The first-order valence-corrected chi connectivity index (χ1v) is 17.6. The predicted octanol–water partition coefficient (Wildman–Crippen LogP) is 13.1. The van der Waals surface area contributed by atoms with Crippen molar-refractivity contribution in [2.45, 2.75) is 0 Å².